The molecule has 0 amide bonds. The normalized spacial score (nSPS) is 12.2. The quantitative estimate of drug-likeness (QED) is 0.697. The number of ether oxygens (including phenoxy) is 2. The van der Waals surface area contributed by atoms with Crippen LogP contribution in [-0.4, -0.2) is 25.4 Å². The van der Waals surface area contributed by atoms with Crippen LogP contribution < -0.4 is 15.2 Å². The van der Waals surface area contributed by atoms with Gasteiger partial charge in [0.1, 0.15) is 11.5 Å². The van der Waals surface area contributed by atoms with Gasteiger partial charge in [-0.3, -0.25) is 0 Å². The van der Waals surface area contributed by atoms with E-state index >= 15 is 0 Å². The highest BCUT2D eigenvalue weighted by molar-refractivity contribution is 5.42. The Hall–Kier alpha value is -1.26. The Balaban J connectivity index is 2.60. The number of benzene rings is 1. The zero-order valence-electron chi connectivity index (χ0n) is 11.2. The van der Waals surface area contributed by atoms with E-state index in [2.05, 4.69) is 0 Å². The van der Waals surface area contributed by atoms with E-state index < -0.39 is 0 Å². The molecule has 102 valence electrons. The number of unbranched alkanes of at least 4 members (excludes halogenated alkanes) is 2. The van der Waals surface area contributed by atoms with Crippen molar-refractivity contribution in [1.29, 1.82) is 0 Å². The summed E-state index contributed by atoms with van der Waals surface area (Å²) in [5.41, 5.74) is 6.89. The van der Waals surface area contributed by atoms with Gasteiger partial charge in [0.15, 0.2) is 0 Å². The molecule has 4 nitrogen and oxygen atoms in total. The molecule has 0 saturated carbocycles. The molecule has 0 spiro atoms. The van der Waals surface area contributed by atoms with Crippen LogP contribution in [0.25, 0.3) is 0 Å². The maximum atomic E-state index is 8.69. The molecule has 0 radical (unpaired) electrons. The van der Waals surface area contributed by atoms with E-state index in [-0.39, 0.29) is 12.6 Å². The summed E-state index contributed by atoms with van der Waals surface area (Å²) in [6, 6.07) is 5.62. The SMILES string of the molecule is COc1ccc([C@@H](C)N)c(OCCCCCO)c1. The molecular formula is C14H23NO3. The van der Waals surface area contributed by atoms with Gasteiger partial charge < -0.3 is 20.3 Å². The van der Waals surface area contributed by atoms with Crippen molar-refractivity contribution in [2.24, 2.45) is 5.73 Å². The molecule has 0 heterocycles. The number of aliphatic hydroxyl groups is 1. The molecule has 18 heavy (non-hydrogen) atoms. The van der Waals surface area contributed by atoms with Crippen molar-refractivity contribution in [2.75, 3.05) is 20.3 Å². The molecule has 4 heteroatoms. The van der Waals surface area contributed by atoms with E-state index in [1.165, 1.54) is 0 Å². The summed E-state index contributed by atoms with van der Waals surface area (Å²) in [6.07, 6.45) is 2.71. The molecule has 0 aliphatic heterocycles. The highest BCUT2D eigenvalue weighted by atomic mass is 16.5. The Morgan fingerprint density at radius 3 is 2.67 bits per heavy atom. The van der Waals surface area contributed by atoms with Crippen LogP contribution >= 0.6 is 0 Å². The third-order valence-corrected chi connectivity index (χ3v) is 2.77. The van der Waals surface area contributed by atoms with Gasteiger partial charge in [0.05, 0.1) is 13.7 Å². The van der Waals surface area contributed by atoms with Crippen molar-refractivity contribution < 1.29 is 14.6 Å². The van der Waals surface area contributed by atoms with E-state index in [1.807, 2.05) is 25.1 Å². The van der Waals surface area contributed by atoms with Gasteiger partial charge in [0.25, 0.3) is 0 Å². The Kier molecular flexibility index (Phi) is 6.54. The van der Waals surface area contributed by atoms with Crippen LogP contribution in [0.5, 0.6) is 11.5 Å². The molecule has 0 unspecified atom stereocenters. The van der Waals surface area contributed by atoms with E-state index in [0.29, 0.717) is 6.61 Å². The van der Waals surface area contributed by atoms with Gasteiger partial charge in [-0.05, 0) is 32.3 Å². The first-order valence-corrected chi connectivity index (χ1v) is 6.36. The van der Waals surface area contributed by atoms with Gasteiger partial charge in [-0.2, -0.15) is 0 Å². The van der Waals surface area contributed by atoms with Crippen LogP contribution in [0.2, 0.25) is 0 Å². The summed E-state index contributed by atoms with van der Waals surface area (Å²) < 4.78 is 10.9. The minimum atomic E-state index is -0.0663. The average Bonchev–Trinajstić information content (AvgIpc) is 2.38. The molecule has 0 aromatic heterocycles. The monoisotopic (exact) mass is 253 g/mol. The lowest BCUT2D eigenvalue weighted by Crippen LogP contribution is -2.09. The summed E-state index contributed by atoms with van der Waals surface area (Å²) in [4.78, 5) is 0. The lowest BCUT2D eigenvalue weighted by Gasteiger charge is -2.15. The van der Waals surface area contributed by atoms with Crippen LogP contribution in [-0.2, 0) is 0 Å². The molecule has 0 fully saturated rings. The Morgan fingerprint density at radius 1 is 1.28 bits per heavy atom. The Morgan fingerprint density at radius 2 is 2.06 bits per heavy atom. The van der Waals surface area contributed by atoms with Gasteiger partial charge in [-0.15, -0.1) is 0 Å². The van der Waals surface area contributed by atoms with Crippen LogP contribution in [0.1, 0.15) is 37.8 Å². The molecule has 0 aliphatic carbocycles. The van der Waals surface area contributed by atoms with E-state index in [9.17, 15) is 0 Å². The average molecular weight is 253 g/mol. The molecule has 1 aromatic carbocycles. The highest BCUT2D eigenvalue weighted by Gasteiger charge is 2.09. The number of hydrogen-bond donors (Lipinski definition) is 2. The fourth-order valence-electron chi connectivity index (χ4n) is 1.72. The number of hydrogen-bond acceptors (Lipinski definition) is 4. The van der Waals surface area contributed by atoms with Gasteiger partial charge in [-0.25, -0.2) is 0 Å². The number of methoxy groups -OCH3 is 1. The van der Waals surface area contributed by atoms with Gasteiger partial charge >= 0.3 is 0 Å². The summed E-state index contributed by atoms with van der Waals surface area (Å²) >= 11 is 0. The first kappa shape index (κ1) is 14.8. The zero-order chi connectivity index (χ0) is 13.4. The second kappa shape index (κ2) is 7.95. The zero-order valence-corrected chi connectivity index (χ0v) is 11.2. The highest BCUT2D eigenvalue weighted by Crippen LogP contribution is 2.28. The Bertz CT molecular complexity index is 353. The lowest BCUT2D eigenvalue weighted by atomic mass is 10.1. The van der Waals surface area contributed by atoms with Crippen molar-refractivity contribution in [3.8, 4) is 11.5 Å². The van der Waals surface area contributed by atoms with Crippen LogP contribution in [0.3, 0.4) is 0 Å². The van der Waals surface area contributed by atoms with Crippen molar-refractivity contribution in [3.05, 3.63) is 23.8 Å². The van der Waals surface area contributed by atoms with Crippen LogP contribution in [0.4, 0.5) is 0 Å². The fraction of sp³-hybridized carbons (Fsp3) is 0.571. The standard InChI is InChI=1S/C14H23NO3/c1-11(15)13-7-6-12(17-2)10-14(13)18-9-5-3-4-8-16/h6-7,10-11,16H,3-5,8-9,15H2,1-2H3/t11-/m1/s1. The summed E-state index contributed by atoms with van der Waals surface area (Å²) in [7, 11) is 1.63. The minimum Gasteiger partial charge on any atom is -0.497 e. The maximum Gasteiger partial charge on any atom is 0.127 e. The topological polar surface area (TPSA) is 64.7 Å². The molecule has 0 bridgehead atoms. The fourth-order valence-corrected chi connectivity index (χ4v) is 1.72. The lowest BCUT2D eigenvalue weighted by molar-refractivity contribution is 0.264. The second-order valence-corrected chi connectivity index (χ2v) is 4.33. The molecule has 3 N–H and O–H groups in total. The van der Waals surface area contributed by atoms with E-state index in [4.69, 9.17) is 20.3 Å². The maximum absolute atomic E-state index is 8.69. The largest absolute Gasteiger partial charge is 0.497 e. The minimum absolute atomic E-state index is 0.0663. The third kappa shape index (κ3) is 4.55. The number of aliphatic hydroxyl groups excluding tert-OH is 1. The molecule has 1 atom stereocenters. The molecular weight excluding hydrogens is 230 g/mol. The van der Waals surface area contributed by atoms with Crippen molar-refractivity contribution in [1.82, 2.24) is 0 Å². The molecule has 0 aliphatic rings. The first-order valence-electron chi connectivity index (χ1n) is 6.36. The van der Waals surface area contributed by atoms with Crippen LogP contribution in [0.15, 0.2) is 18.2 Å². The summed E-state index contributed by atoms with van der Waals surface area (Å²) in [5, 5.41) is 8.69. The van der Waals surface area contributed by atoms with Crippen molar-refractivity contribution >= 4 is 0 Å². The predicted octanol–water partition coefficient (Wildman–Crippen LogP) is 2.26. The third-order valence-electron chi connectivity index (χ3n) is 2.77. The molecule has 1 aromatic rings. The summed E-state index contributed by atoms with van der Waals surface area (Å²) in [5.74, 6) is 1.55. The smallest absolute Gasteiger partial charge is 0.127 e. The van der Waals surface area contributed by atoms with Crippen molar-refractivity contribution in [3.63, 3.8) is 0 Å². The second-order valence-electron chi connectivity index (χ2n) is 4.33. The molecule has 0 saturated heterocycles. The van der Waals surface area contributed by atoms with Gasteiger partial charge in [0, 0.05) is 24.3 Å². The summed E-state index contributed by atoms with van der Waals surface area (Å²) in [6.45, 7) is 2.80. The van der Waals surface area contributed by atoms with E-state index in [1.54, 1.807) is 7.11 Å². The molecule has 1 rings (SSSR count). The number of nitrogens with two attached hydrogens (primary N) is 1. The number of rotatable bonds is 8. The van der Waals surface area contributed by atoms with Crippen molar-refractivity contribution in [2.45, 2.75) is 32.2 Å². The first-order chi connectivity index (χ1) is 8.69. The Labute approximate surface area is 109 Å². The van der Waals surface area contributed by atoms with Crippen LogP contribution in [0, 0.1) is 0 Å². The predicted molar refractivity (Wildman–Crippen MR) is 72.0 cm³/mol. The van der Waals surface area contributed by atoms with Gasteiger partial charge in [0.2, 0.25) is 0 Å². The van der Waals surface area contributed by atoms with Gasteiger partial charge in [-0.1, -0.05) is 6.07 Å². The van der Waals surface area contributed by atoms with E-state index in [0.717, 1.165) is 36.3 Å².